The number of aliphatic hydroxyl groups is 1. The van der Waals surface area contributed by atoms with E-state index < -0.39 is 17.1 Å². The van der Waals surface area contributed by atoms with Gasteiger partial charge in [-0.3, -0.25) is 9.69 Å². The second-order valence-corrected chi connectivity index (χ2v) is 12.5. The highest BCUT2D eigenvalue weighted by Crippen LogP contribution is 2.56. The Labute approximate surface area is 243 Å². The van der Waals surface area contributed by atoms with Crippen molar-refractivity contribution < 1.29 is 23.4 Å². The van der Waals surface area contributed by atoms with Crippen molar-refractivity contribution in [3.8, 4) is 0 Å². The molecule has 5 rings (SSSR count). The molecule has 1 heterocycles. The van der Waals surface area contributed by atoms with Gasteiger partial charge in [0.15, 0.2) is 0 Å². The largest absolute Gasteiger partial charge is 0.457 e. The lowest BCUT2D eigenvalue weighted by Crippen LogP contribution is -2.62. The number of hydrogen-bond donors (Lipinski definition) is 1. The molecular weight excluding hydrogens is 522 g/mol. The molecule has 0 aromatic heterocycles. The topological polar surface area (TPSA) is 53.0 Å². The Kier molecular flexibility index (Phi) is 8.70. The minimum absolute atomic E-state index is 0.0421. The number of ether oxygens (including phenoxy) is 1. The lowest BCUT2D eigenvalue weighted by molar-refractivity contribution is -0.161. The van der Waals surface area contributed by atoms with Crippen LogP contribution >= 0.6 is 0 Å². The molecule has 5 atom stereocenters. The molecule has 1 saturated heterocycles. The van der Waals surface area contributed by atoms with E-state index in [9.17, 15) is 18.7 Å². The Hall–Kier alpha value is -2.61. The van der Waals surface area contributed by atoms with Gasteiger partial charge in [-0.1, -0.05) is 50.6 Å². The van der Waals surface area contributed by atoms with Crippen molar-refractivity contribution in [2.75, 3.05) is 32.7 Å². The summed E-state index contributed by atoms with van der Waals surface area (Å²) in [7, 11) is 0. The molecule has 220 valence electrons. The van der Waals surface area contributed by atoms with Gasteiger partial charge in [0.25, 0.3) is 0 Å². The van der Waals surface area contributed by atoms with E-state index in [2.05, 4.69) is 36.1 Å². The Morgan fingerprint density at radius 1 is 1.05 bits per heavy atom. The SMILES string of the molecule is CC(=O)O[C@@H]1[C][C@@]2(O)C(C=C1C)CCC[C@]2(C)[C@@H](C)CN1CCN(C(c2ccc(F)cc2)c2ccc(F)cc2)CC1. The Balaban J connectivity index is 1.29. The molecule has 1 N–H and O–H groups in total. The molecule has 41 heavy (non-hydrogen) atoms. The summed E-state index contributed by atoms with van der Waals surface area (Å²) in [5.41, 5.74) is 1.30. The van der Waals surface area contributed by atoms with Crippen LogP contribution in [0.1, 0.15) is 64.1 Å². The van der Waals surface area contributed by atoms with Crippen molar-refractivity contribution in [2.24, 2.45) is 17.3 Å². The van der Waals surface area contributed by atoms with Gasteiger partial charge in [-0.05, 0) is 66.6 Å². The van der Waals surface area contributed by atoms with Crippen LogP contribution in [0, 0.1) is 35.3 Å². The molecule has 0 bridgehead atoms. The maximum atomic E-state index is 13.7. The fraction of sp³-hybridized carbons (Fsp3) is 0.529. The number of benzene rings is 2. The second kappa shape index (κ2) is 11.9. The number of halogens is 2. The van der Waals surface area contributed by atoms with Crippen molar-refractivity contribution in [3.63, 3.8) is 0 Å². The van der Waals surface area contributed by atoms with Gasteiger partial charge in [0.2, 0.25) is 0 Å². The summed E-state index contributed by atoms with van der Waals surface area (Å²) in [6.07, 6.45) is 7.62. The third kappa shape index (κ3) is 5.99. The minimum atomic E-state index is -1.18. The molecule has 2 radical (unpaired) electrons. The Morgan fingerprint density at radius 3 is 2.15 bits per heavy atom. The maximum Gasteiger partial charge on any atom is 0.303 e. The first-order valence-electron chi connectivity index (χ1n) is 14.8. The van der Waals surface area contributed by atoms with Crippen molar-refractivity contribution in [3.05, 3.63) is 89.4 Å². The molecule has 0 amide bonds. The van der Waals surface area contributed by atoms with E-state index in [1.807, 2.05) is 31.2 Å². The number of hydrogen-bond acceptors (Lipinski definition) is 5. The molecule has 3 aliphatic rings. The summed E-state index contributed by atoms with van der Waals surface area (Å²) < 4.78 is 33.0. The van der Waals surface area contributed by atoms with E-state index in [0.717, 1.165) is 68.7 Å². The minimum Gasteiger partial charge on any atom is -0.457 e. The zero-order valence-corrected chi connectivity index (χ0v) is 24.6. The van der Waals surface area contributed by atoms with Crippen LogP contribution in [0.3, 0.4) is 0 Å². The molecule has 2 aliphatic carbocycles. The number of fused-ring (bicyclic) bond motifs is 1. The summed E-state index contributed by atoms with van der Waals surface area (Å²) >= 11 is 0. The van der Waals surface area contributed by atoms with Crippen molar-refractivity contribution in [1.82, 2.24) is 9.80 Å². The highest BCUT2D eigenvalue weighted by molar-refractivity contribution is 5.66. The van der Waals surface area contributed by atoms with Crippen LogP contribution in [0.5, 0.6) is 0 Å². The quantitative estimate of drug-likeness (QED) is 0.339. The van der Waals surface area contributed by atoms with Gasteiger partial charge in [-0.2, -0.15) is 0 Å². The standard InChI is InChI=1S/C34H42F2N2O3/c1-23-20-28-6-5-15-33(4,34(28,40)21-31(23)41-25(3)39)24(2)22-37-16-18-38(19-17-37)32(26-7-11-29(35)12-8-26)27-9-13-30(36)14-10-27/h7-14,20,24,28,31-32,40H,5-6,15-19,22H2,1-4H3/t24-,28?,31+,33+,34+/m0/s1. The normalized spacial score (nSPS) is 30.0. The van der Waals surface area contributed by atoms with Gasteiger partial charge in [0.05, 0.1) is 18.1 Å². The Bertz CT molecular complexity index is 1200. The number of piperazine rings is 1. The molecule has 2 aromatic carbocycles. The molecule has 1 unspecified atom stereocenters. The van der Waals surface area contributed by atoms with Gasteiger partial charge in [0, 0.05) is 51.0 Å². The first-order chi connectivity index (χ1) is 19.5. The third-order valence-corrected chi connectivity index (χ3v) is 9.89. The van der Waals surface area contributed by atoms with E-state index in [-0.39, 0.29) is 35.5 Å². The zero-order valence-electron chi connectivity index (χ0n) is 24.6. The van der Waals surface area contributed by atoms with Crippen LogP contribution in [-0.2, 0) is 9.53 Å². The first-order valence-corrected chi connectivity index (χ1v) is 14.8. The molecule has 1 saturated carbocycles. The number of nitrogens with zero attached hydrogens (tertiary/aromatic N) is 2. The average molecular weight is 565 g/mol. The summed E-state index contributed by atoms with van der Waals surface area (Å²) in [5, 5.41) is 12.2. The van der Waals surface area contributed by atoms with Gasteiger partial charge in [-0.25, -0.2) is 8.78 Å². The van der Waals surface area contributed by atoms with Crippen molar-refractivity contribution >= 4 is 5.97 Å². The monoisotopic (exact) mass is 564 g/mol. The lowest BCUT2D eigenvalue weighted by Gasteiger charge is -2.58. The van der Waals surface area contributed by atoms with Crippen LogP contribution in [-0.4, -0.2) is 65.3 Å². The van der Waals surface area contributed by atoms with Crippen LogP contribution in [0.4, 0.5) is 8.78 Å². The predicted octanol–water partition coefficient (Wildman–Crippen LogP) is 5.82. The van der Waals surface area contributed by atoms with Gasteiger partial charge >= 0.3 is 5.97 Å². The molecule has 2 aromatic rings. The fourth-order valence-corrected chi connectivity index (χ4v) is 7.31. The summed E-state index contributed by atoms with van der Waals surface area (Å²) in [5.74, 6) is -0.797. The predicted molar refractivity (Wildman–Crippen MR) is 155 cm³/mol. The van der Waals surface area contributed by atoms with Crippen LogP contribution < -0.4 is 0 Å². The molecule has 1 aliphatic heterocycles. The first kappa shape index (κ1) is 29.9. The van der Waals surface area contributed by atoms with Crippen LogP contribution in [0.2, 0.25) is 0 Å². The maximum absolute atomic E-state index is 13.7. The second-order valence-electron chi connectivity index (χ2n) is 12.5. The molecule has 5 nitrogen and oxygen atoms in total. The van der Waals surface area contributed by atoms with E-state index in [4.69, 9.17) is 4.74 Å². The highest BCUT2D eigenvalue weighted by atomic mass is 19.1. The molecule has 2 fully saturated rings. The number of carbonyl (C=O) groups is 1. The average Bonchev–Trinajstić information content (AvgIpc) is 2.93. The lowest BCUT2D eigenvalue weighted by atomic mass is 9.51. The van der Waals surface area contributed by atoms with E-state index in [0.29, 0.717) is 0 Å². The third-order valence-electron chi connectivity index (χ3n) is 9.89. The van der Waals surface area contributed by atoms with Gasteiger partial charge < -0.3 is 14.7 Å². The zero-order chi connectivity index (χ0) is 29.4. The molecule has 7 heteroatoms. The van der Waals surface area contributed by atoms with Crippen LogP contribution in [0.25, 0.3) is 0 Å². The van der Waals surface area contributed by atoms with E-state index in [1.54, 1.807) is 0 Å². The fourth-order valence-electron chi connectivity index (χ4n) is 7.31. The highest BCUT2D eigenvalue weighted by Gasteiger charge is 2.59. The van der Waals surface area contributed by atoms with Gasteiger partial charge in [0.1, 0.15) is 17.7 Å². The number of carbonyl (C=O) groups excluding carboxylic acids is 1. The number of esters is 1. The molecule has 0 spiro atoms. The number of rotatable bonds is 7. The van der Waals surface area contributed by atoms with E-state index >= 15 is 0 Å². The Morgan fingerprint density at radius 2 is 1.61 bits per heavy atom. The van der Waals surface area contributed by atoms with Crippen molar-refractivity contribution in [1.29, 1.82) is 0 Å². The van der Waals surface area contributed by atoms with Crippen molar-refractivity contribution in [2.45, 2.75) is 64.7 Å². The molecular formula is C34H42F2N2O3. The van der Waals surface area contributed by atoms with Gasteiger partial charge in [-0.15, -0.1) is 0 Å². The summed E-state index contributed by atoms with van der Waals surface area (Å²) in [6.45, 7) is 11.9. The summed E-state index contributed by atoms with van der Waals surface area (Å²) in [6, 6.07) is 13.1. The van der Waals surface area contributed by atoms with Crippen LogP contribution in [0.15, 0.2) is 60.2 Å². The van der Waals surface area contributed by atoms with E-state index in [1.165, 1.54) is 31.2 Å². The smallest absolute Gasteiger partial charge is 0.303 e. The summed E-state index contributed by atoms with van der Waals surface area (Å²) in [4.78, 5) is 16.6.